The fraction of sp³-hybridized carbons (Fsp3) is 0.645. The van der Waals surface area contributed by atoms with Gasteiger partial charge in [-0.15, -0.1) is 23.2 Å². The van der Waals surface area contributed by atoms with Crippen LogP contribution in [0.4, 0.5) is 43.9 Å². The van der Waals surface area contributed by atoms with E-state index in [1.807, 2.05) is 0 Å². The van der Waals surface area contributed by atoms with Crippen molar-refractivity contribution < 1.29 is 43.9 Å². The molecule has 128 heavy (non-hydrogen) atoms. The van der Waals surface area contributed by atoms with E-state index in [1.54, 1.807) is 0 Å². The van der Waals surface area contributed by atoms with Gasteiger partial charge >= 0.3 is 0 Å². The van der Waals surface area contributed by atoms with E-state index in [4.69, 9.17) is 23.2 Å². The van der Waals surface area contributed by atoms with Gasteiger partial charge in [-0.2, -0.15) is 0 Å². The molecule has 6 aromatic carbocycles. The van der Waals surface area contributed by atoms with E-state index >= 15 is 0 Å². The van der Waals surface area contributed by atoms with Gasteiger partial charge < -0.3 is 0 Å². The van der Waals surface area contributed by atoms with Crippen molar-refractivity contribution in [3.63, 3.8) is 0 Å². The first-order chi connectivity index (χ1) is 59.5. The summed E-state index contributed by atoms with van der Waals surface area (Å²) in [5.74, 6) is -9.37. The van der Waals surface area contributed by atoms with Crippen LogP contribution in [0.15, 0.2) is 109 Å². The molecule has 0 amide bonds. The topological polar surface area (TPSA) is 0 Å². The van der Waals surface area contributed by atoms with E-state index in [0.717, 1.165) is 123 Å². The maximum absolute atomic E-state index is 13.7. The highest BCUT2D eigenvalue weighted by Gasteiger charge is 2.61. The maximum Gasteiger partial charge on any atom is 0.222 e. The Morgan fingerprint density at radius 2 is 0.703 bits per heavy atom. The molecule has 21 heteroatoms. The molecule has 710 valence electrons. The summed E-state index contributed by atoms with van der Waals surface area (Å²) in [5.41, 5.74) is 7.27. The van der Waals surface area contributed by atoms with E-state index < -0.39 is 75.8 Å². The molecule has 0 saturated heterocycles. The highest BCUT2D eigenvalue weighted by atomic mass is 35.5. The SMILES string of the molecule is CB(/C(=C/c1ccccc1)c1ccccc1)C(C)(C)C(C)C.CB(C)C.CB(CC(C)C)CC(C)C.CB(CC(C)CCl)CC(C)CCl.CB([C@@H]1C[C@@H]2C[C@H]([C@H]1C)C2(C)C)[C@@H]1C[C@@H]2C[C@H]([C@H]1C)C2(C)C.CB(c1c(F)c(F)c(F)c(F)c1F)c1c(F)c(F)c(F)c(F)c1F.CB(c1ccc(C)cc1)c1ccc(C)cc1.CCB(C)CC.CCC(C)CB(C)CC(C)CC. The predicted octanol–water partition coefficient (Wildman–Crippen LogP) is 33.4. The van der Waals surface area contributed by atoms with Crippen LogP contribution >= 0.6 is 23.2 Å². The Morgan fingerprint density at radius 3 is 0.969 bits per heavy atom. The first-order valence-electron chi connectivity index (χ1n) is 49.6. The van der Waals surface area contributed by atoms with Crippen molar-refractivity contribution in [1.82, 2.24) is 0 Å². The summed E-state index contributed by atoms with van der Waals surface area (Å²) < 4.78 is 133. The molecule has 0 N–H and O–H groups in total. The monoisotopic (exact) mass is 1820 g/mol. The third-order valence-corrected chi connectivity index (χ3v) is 31.3. The number of hydrogen-bond acceptors (Lipinski definition) is 0. The average Bonchev–Trinajstić information content (AvgIpc) is 0.710. The van der Waals surface area contributed by atoms with E-state index in [1.165, 1.54) is 128 Å². The minimum absolute atomic E-state index is 0.246. The van der Waals surface area contributed by atoms with Gasteiger partial charge in [0.05, 0.1) is 0 Å². The zero-order valence-electron chi connectivity index (χ0n) is 86.7. The number of halogens is 12. The number of rotatable bonds is 29. The standard InChI is InChI=1S/C21H37B.C21H27B.C15H17B.C13H3BF10.C11H25B.C9H19BCl2.C9H21B.C5H13B.C3H9B/c1-12-16-8-14(20(16,3)4)10-18(12)22(7)19-11-15-9-17(13(19)2)21(15,5)6;1-17(2)21(3,4)22(5)20(19-14-10-7-11-15-19)16-18-12-8-6-9-13-18;1-12-4-8-14(9-5-12)16(3)15-10-6-13(2)7-11-15;1-14(2-4(15)8(19)12(23)9(20)5(2)16)3-6(17)10(21)13(24)11(22)7(3)18;1-6-10(3)8-12(5)9-11(4)7-2;1-8(6-11)4-10(3)5-9(2)7-12;1-8(2)6-10(5)7-9(3)4;1-4-6(3)5-2;1-4(2)3/h12-19H,8-11H2,1-7H3;6-17H,1-5H3;4-11H,1-3H3;1H3;10-11H,6-9H2,1-5H3;8-9H,4-7H2,1-3H3;8-9H,6-7H2,1-5H3;4-5H2,1-3H3;1-3H3/b;20-16+;;;;;;;/t12-,13-,14+,15+,16-,17-,18-,19-;;;;;;;;/m1......../s1. The van der Waals surface area contributed by atoms with Gasteiger partial charge in [-0.1, -0.05) is 482 Å². The van der Waals surface area contributed by atoms with E-state index in [9.17, 15) is 43.9 Å². The van der Waals surface area contributed by atoms with Gasteiger partial charge in [0, 0.05) is 22.7 Å². The molecule has 0 aliphatic heterocycles. The number of hydrogen-bond donors (Lipinski definition) is 0. The summed E-state index contributed by atoms with van der Waals surface area (Å²) in [4.78, 5) is 0. The normalized spacial score (nSPS) is 19.2. The van der Waals surface area contributed by atoms with Crippen LogP contribution in [0.3, 0.4) is 0 Å². The second-order valence-electron chi connectivity index (χ2n) is 44.1. The molecule has 6 aromatic rings. The summed E-state index contributed by atoms with van der Waals surface area (Å²) >= 11 is 11.5. The number of aryl methyl sites for hydroxylation is 2. The number of fused-ring (bicyclic) bond motifs is 4. The molecular weight excluding hydrogens is 1640 g/mol. The molecule has 12 rings (SSSR count). The summed E-state index contributed by atoms with van der Waals surface area (Å²) in [5, 5.41) is 0.246. The molecule has 0 spiro atoms. The Labute approximate surface area is 792 Å². The van der Waals surface area contributed by atoms with Gasteiger partial charge in [0.25, 0.3) is 0 Å². The van der Waals surface area contributed by atoms with Crippen LogP contribution in [0, 0.1) is 160 Å². The Kier molecular flexibility index (Phi) is 53.6. The molecule has 0 aromatic heterocycles. The van der Waals surface area contributed by atoms with Gasteiger partial charge in [0.1, 0.15) is 40.3 Å². The van der Waals surface area contributed by atoms with Gasteiger partial charge in [0.2, 0.25) is 13.4 Å². The average molecular weight is 1820 g/mol. The molecule has 0 radical (unpaired) electrons. The van der Waals surface area contributed by atoms with Crippen LogP contribution in [0.2, 0.25) is 143 Å². The molecule has 4 unspecified atom stereocenters. The highest BCUT2D eigenvalue weighted by molar-refractivity contribution is 6.85. The van der Waals surface area contributed by atoms with Crippen LogP contribution in [0.1, 0.15) is 213 Å². The summed E-state index contributed by atoms with van der Waals surface area (Å²) in [7, 11) is 0. The lowest BCUT2D eigenvalue weighted by Crippen LogP contribution is -2.59. The second kappa shape index (κ2) is 57.4. The first kappa shape index (κ1) is 120. The molecule has 0 heterocycles. The molecule has 6 aliphatic carbocycles. The number of benzene rings is 6. The lowest BCUT2D eigenvalue weighted by Gasteiger charge is -2.66. The molecule has 4 bridgehead atoms. The molecular formula is C107H171B9Cl2F10. The van der Waals surface area contributed by atoms with Crippen molar-refractivity contribution >= 4 is 117 Å². The fourth-order valence-corrected chi connectivity index (χ4v) is 20.5. The zero-order valence-corrected chi connectivity index (χ0v) is 88.2. The lowest BCUT2D eigenvalue weighted by molar-refractivity contribution is -0.107. The van der Waals surface area contributed by atoms with Crippen molar-refractivity contribution in [2.45, 2.75) is 347 Å². The van der Waals surface area contributed by atoms with Crippen LogP contribution in [-0.2, 0) is 0 Å². The van der Waals surface area contributed by atoms with E-state index in [-0.39, 0.29) is 5.31 Å². The zero-order chi connectivity index (χ0) is 98.1. The molecule has 6 saturated carbocycles. The third kappa shape index (κ3) is 36.6. The summed E-state index contributed by atoms with van der Waals surface area (Å²) in [6.45, 7) is 84.0. The minimum atomic E-state index is -2.53. The van der Waals surface area contributed by atoms with Gasteiger partial charge in [-0.25, -0.2) is 43.9 Å². The molecule has 0 nitrogen and oxygen atoms in total. The van der Waals surface area contributed by atoms with Crippen LogP contribution in [0.5, 0.6) is 0 Å². The van der Waals surface area contributed by atoms with Crippen molar-refractivity contribution in [3.05, 3.63) is 190 Å². The molecule has 6 aliphatic rings. The smallest absolute Gasteiger partial charge is 0.204 e. The van der Waals surface area contributed by atoms with Crippen molar-refractivity contribution in [2.75, 3.05) is 11.8 Å². The third-order valence-electron chi connectivity index (χ3n) is 30.3. The Morgan fingerprint density at radius 1 is 0.406 bits per heavy atom. The van der Waals surface area contributed by atoms with Crippen LogP contribution in [0.25, 0.3) is 11.5 Å². The summed E-state index contributed by atoms with van der Waals surface area (Å²) in [6.07, 6.45) is 21.9. The van der Waals surface area contributed by atoms with Gasteiger partial charge in [0.15, 0.2) is 64.9 Å². The van der Waals surface area contributed by atoms with E-state index in [2.05, 4.69) is 350 Å². The van der Waals surface area contributed by atoms with Gasteiger partial charge in [-0.3, -0.25) is 0 Å². The maximum atomic E-state index is 13.7. The first-order valence-corrected chi connectivity index (χ1v) is 50.7. The summed E-state index contributed by atoms with van der Waals surface area (Å²) in [6, 6.07) is 39.0. The largest absolute Gasteiger partial charge is 0.222 e. The Hall–Kier alpha value is -4.48. The fourth-order valence-electron chi connectivity index (χ4n) is 20.2. The van der Waals surface area contributed by atoms with Crippen molar-refractivity contribution in [1.29, 1.82) is 0 Å². The lowest BCUT2D eigenvalue weighted by atomic mass is 9.22. The van der Waals surface area contributed by atoms with Crippen LogP contribution < -0.4 is 21.9 Å². The van der Waals surface area contributed by atoms with Crippen molar-refractivity contribution in [2.24, 2.45) is 87.8 Å². The molecule has 6 fully saturated rings. The minimum Gasteiger partial charge on any atom is -0.204 e. The van der Waals surface area contributed by atoms with Crippen molar-refractivity contribution in [3.8, 4) is 0 Å². The van der Waals surface area contributed by atoms with E-state index in [0.29, 0.717) is 48.8 Å². The quantitative estimate of drug-likeness (QED) is 0.0110. The molecule has 12 atom stereocenters. The highest BCUT2D eigenvalue weighted by Crippen LogP contribution is 2.69. The van der Waals surface area contributed by atoms with Crippen LogP contribution in [-0.4, -0.2) is 72.2 Å². The Bertz CT molecular complexity index is 3850. The second-order valence-corrected chi connectivity index (χ2v) is 44.7. The number of alkyl halides is 2. The Balaban J connectivity index is 0.000000506. The van der Waals surface area contributed by atoms with Gasteiger partial charge in [-0.05, 0) is 107 Å². The predicted molar refractivity (Wildman–Crippen MR) is 563 cm³/mol.